The Kier molecular flexibility index (Phi) is 7.85. The minimum atomic E-state index is 0.848. The molecule has 0 bridgehead atoms. The standard InChI is InChI=1S/C52H35NO/c1-5-16-36(17-6-1)39-28-30-43(31-29-39)53(44-33-41(37-18-7-2-8-19-37)32-42(34-44)38-20-9-3-10-21-38)49-27-15-26-47-51-46-25-14-13-24-45(46)48(35-50(51)54-52(47)49)40-22-11-4-12-23-40/h1-35H. The van der Waals surface area contributed by atoms with Gasteiger partial charge in [-0.25, -0.2) is 0 Å². The molecule has 0 saturated heterocycles. The van der Waals surface area contributed by atoms with Crippen molar-refractivity contribution in [1.82, 2.24) is 0 Å². The molecular formula is C52H35NO. The second kappa shape index (κ2) is 13.4. The van der Waals surface area contributed by atoms with Crippen molar-refractivity contribution in [2.24, 2.45) is 0 Å². The fraction of sp³-hybridized carbons (Fsp3) is 0. The Hall–Kier alpha value is -7.16. The quantitative estimate of drug-likeness (QED) is 0.166. The molecule has 0 spiro atoms. The number of benzene rings is 9. The van der Waals surface area contributed by atoms with Gasteiger partial charge in [-0.05, 0) is 97.7 Å². The maximum absolute atomic E-state index is 7.06. The number of anilines is 3. The summed E-state index contributed by atoms with van der Waals surface area (Å²) in [6.45, 7) is 0. The number of furan rings is 1. The molecule has 0 unspecified atom stereocenters. The molecule has 2 heteroatoms. The fourth-order valence-electron chi connectivity index (χ4n) is 7.88. The number of hydrogen-bond donors (Lipinski definition) is 0. The molecule has 9 aromatic carbocycles. The van der Waals surface area contributed by atoms with Gasteiger partial charge in [-0.2, -0.15) is 0 Å². The van der Waals surface area contributed by atoms with Crippen LogP contribution in [0.5, 0.6) is 0 Å². The van der Waals surface area contributed by atoms with Gasteiger partial charge < -0.3 is 9.32 Å². The molecule has 2 nitrogen and oxygen atoms in total. The molecule has 0 atom stereocenters. The average Bonchev–Trinajstić information content (AvgIpc) is 3.65. The highest BCUT2D eigenvalue weighted by Gasteiger charge is 2.23. The van der Waals surface area contributed by atoms with Crippen LogP contribution in [0.2, 0.25) is 0 Å². The minimum absolute atomic E-state index is 0.848. The van der Waals surface area contributed by atoms with Crippen molar-refractivity contribution in [1.29, 1.82) is 0 Å². The number of para-hydroxylation sites is 1. The van der Waals surface area contributed by atoms with E-state index in [-0.39, 0.29) is 0 Å². The average molecular weight is 690 g/mol. The third-order valence-electron chi connectivity index (χ3n) is 10.4. The summed E-state index contributed by atoms with van der Waals surface area (Å²) in [6.07, 6.45) is 0. The monoisotopic (exact) mass is 689 g/mol. The Bertz CT molecular complexity index is 2840. The van der Waals surface area contributed by atoms with E-state index >= 15 is 0 Å². The number of hydrogen-bond acceptors (Lipinski definition) is 2. The van der Waals surface area contributed by atoms with Crippen LogP contribution in [0, 0.1) is 0 Å². The van der Waals surface area contributed by atoms with Crippen molar-refractivity contribution in [3.8, 4) is 44.5 Å². The Balaban J connectivity index is 1.24. The Morgan fingerprint density at radius 1 is 0.315 bits per heavy atom. The van der Waals surface area contributed by atoms with E-state index in [1.807, 2.05) is 0 Å². The first-order valence-electron chi connectivity index (χ1n) is 18.4. The molecule has 1 heterocycles. The maximum atomic E-state index is 7.06. The first-order chi connectivity index (χ1) is 26.8. The van der Waals surface area contributed by atoms with Crippen molar-refractivity contribution in [3.05, 3.63) is 212 Å². The lowest BCUT2D eigenvalue weighted by molar-refractivity contribution is 0.669. The van der Waals surface area contributed by atoms with Gasteiger partial charge in [0, 0.05) is 22.1 Å². The summed E-state index contributed by atoms with van der Waals surface area (Å²) in [7, 11) is 0. The highest BCUT2D eigenvalue weighted by Crippen LogP contribution is 2.47. The largest absolute Gasteiger partial charge is 0.454 e. The predicted octanol–water partition coefficient (Wildman–Crippen LogP) is 14.9. The molecule has 1 aromatic heterocycles. The molecule has 0 saturated carbocycles. The van der Waals surface area contributed by atoms with Gasteiger partial charge >= 0.3 is 0 Å². The molecule has 54 heavy (non-hydrogen) atoms. The van der Waals surface area contributed by atoms with Gasteiger partial charge in [0.25, 0.3) is 0 Å². The summed E-state index contributed by atoms with van der Waals surface area (Å²) in [5, 5.41) is 4.61. The van der Waals surface area contributed by atoms with Gasteiger partial charge in [-0.15, -0.1) is 0 Å². The molecule has 0 N–H and O–H groups in total. The van der Waals surface area contributed by atoms with Crippen LogP contribution in [0.1, 0.15) is 0 Å². The van der Waals surface area contributed by atoms with Crippen LogP contribution in [-0.4, -0.2) is 0 Å². The van der Waals surface area contributed by atoms with Crippen molar-refractivity contribution < 1.29 is 4.42 Å². The predicted molar refractivity (Wildman–Crippen MR) is 228 cm³/mol. The van der Waals surface area contributed by atoms with Crippen molar-refractivity contribution in [3.63, 3.8) is 0 Å². The molecule has 0 amide bonds. The first-order valence-corrected chi connectivity index (χ1v) is 18.4. The second-order valence-corrected chi connectivity index (χ2v) is 13.7. The molecule has 0 radical (unpaired) electrons. The molecule has 0 aliphatic carbocycles. The topological polar surface area (TPSA) is 16.4 Å². The number of nitrogens with zero attached hydrogens (tertiary/aromatic N) is 1. The van der Waals surface area contributed by atoms with Gasteiger partial charge in [0.2, 0.25) is 0 Å². The maximum Gasteiger partial charge on any atom is 0.159 e. The van der Waals surface area contributed by atoms with Gasteiger partial charge in [-0.1, -0.05) is 170 Å². The van der Waals surface area contributed by atoms with Gasteiger partial charge in [0.1, 0.15) is 5.58 Å². The molecule has 10 rings (SSSR count). The zero-order chi connectivity index (χ0) is 35.8. The first kappa shape index (κ1) is 31.6. The third kappa shape index (κ3) is 5.62. The highest BCUT2D eigenvalue weighted by molar-refractivity contribution is 6.23. The van der Waals surface area contributed by atoms with E-state index in [0.29, 0.717) is 0 Å². The van der Waals surface area contributed by atoms with E-state index in [4.69, 9.17) is 4.42 Å². The molecular weight excluding hydrogens is 655 g/mol. The Morgan fingerprint density at radius 2 is 0.796 bits per heavy atom. The zero-order valence-corrected chi connectivity index (χ0v) is 29.6. The molecule has 10 aromatic rings. The van der Waals surface area contributed by atoms with E-state index in [9.17, 15) is 0 Å². The van der Waals surface area contributed by atoms with Crippen LogP contribution in [0.15, 0.2) is 217 Å². The Morgan fingerprint density at radius 3 is 1.39 bits per heavy atom. The van der Waals surface area contributed by atoms with E-state index in [0.717, 1.165) is 66.8 Å². The summed E-state index contributed by atoms with van der Waals surface area (Å²) in [5.41, 5.74) is 14.1. The van der Waals surface area contributed by atoms with E-state index in [2.05, 4.69) is 217 Å². The van der Waals surface area contributed by atoms with Gasteiger partial charge in [0.05, 0.1) is 5.69 Å². The summed E-state index contributed by atoms with van der Waals surface area (Å²) in [4.78, 5) is 2.36. The van der Waals surface area contributed by atoms with Gasteiger partial charge in [-0.3, -0.25) is 0 Å². The second-order valence-electron chi connectivity index (χ2n) is 13.7. The van der Waals surface area contributed by atoms with Crippen LogP contribution >= 0.6 is 0 Å². The lowest BCUT2D eigenvalue weighted by Crippen LogP contribution is -2.10. The molecule has 0 fully saturated rings. The van der Waals surface area contributed by atoms with Crippen molar-refractivity contribution in [2.75, 3.05) is 4.90 Å². The van der Waals surface area contributed by atoms with E-state index in [1.165, 1.54) is 27.5 Å². The lowest BCUT2D eigenvalue weighted by atomic mass is 9.95. The van der Waals surface area contributed by atoms with Crippen LogP contribution < -0.4 is 4.90 Å². The van der Waals surface area contributed by atoms with Crippen LogP contribution in [0.3, 0.4) is 0 Å². The molecule has 254 valence electrons. The number of rotatable bonds is 7. The molecule has 0 aliphatic rings. The summed E-state index contributed by atoms with van der Waals surface area (Å²) in [5.74, 6) is 0. The fourth-order valence-corrected chi connectivity index (χ4v) is 7.88. The molecule has 0 aliphatic heterocycles. The lowest BCUT2D eigenvalue weighted by Gasteiger charge is -2.27. The SMILES string of the molecule is c1ccc(-c2ccc(N(c3cc(-c4ccccc4)cc(-c4ccccc4)c3)c3cccc4c3oc3cc(-c5ccccc5)c5ccccc5c34)cc2)cc1. The Labute approximate surface area is 314 Å². The summed E-state index contributed by atoms with van der Waals surface area (Å²) in [6, 6.07) is 75.7. The van der Waals surface area contributed by atoms with Crippen molar-refractivity contribution in [2.45, 2.75) is 0 Å². The summed E-state index contributed by atoms with van der Waals surface area (Å²) < 4.78 is 7.06. The minimum Gasteiger partial charge on any atom is -0.454 e. The summed E-state index contributed by atoms with van der Waals surface area (Å²) >= 11 is 0. The van der Waals surface area contributed by atoms with Crippen LogP contribution in [0.25, 0.3) is 77.2 Å². The van der Waals surface area contributed by atoms with Crippen molar-refractivity contribution >= 4 is 49.8 Å². The number of fused-ring (bicyclic) bond motifs is 5. The van der Waals surface area contributed by atoms with Crippen LogP contribution in [0.4, 0.5) is 17.1 Å². The normalized spacial score (nSPS) is 11.3. The van der Waals surface area contributed by atoms with Gasteiger partial charge in [0.15, 0.2) is 5.58 Å². The third-order valence-corrected chi connectivity index (χ3v) is 10.4. The van der Waals surface area contributed by atoms with Crippen LogP contribution in [-0.2, 0) is 0 Å². The highest BCUT2D eigenvalue weighted by atomic mass is 16.3. The zero-order valence-electron chi connectivity index (χ0n) is 29.6. The van der Waals surface area contributed by atoms with E-state index in [1.54, 1.807) is 0 Å². The smallest absolute Gasteiger partial charge is 0.159 e. The van der Waals surface area contributed by atoms with E-state index < -0.39 is 0 Å².